The largest absolute Gasteiger partial charge is 0.484 e. The lowest BCUT2D eigenvalue weighted by Crippen LogP contribution is -2.20. The third kappa shape index (κ3) is 4.65. The van der Waals surface area contributed by atoms with Gasteiger partial charge in [-0.05, 0) is 61.5 Å². The van der Waals surface area contributed by atoms with Crippen molar-refractivity contribution in [2.24, 2.45) is 0 Å². The summed E-state index contributed by atoms with van der Waals surface area (Å²) in [6.45, 7) is 1.88. The van der Waals surface area contributed by atoms with Crippen LogP contribution in [0.5, 0.6) is 17.2 Å². The standard InChI is InChI=1S/C22H19N3O4/c1-14-2-5-17(6-3-14)29-18-9-7-16(8-10-18)28-13-21(26)23-15-4-11-19-20(12-15)25-22(27)24-19/h2-12H,13H2,1H3,(H,23,26)(H2,24,25,27). The van der Waals surface area contributed by atoms with Gasteiger partial charge in [-0.15, -0.1) is 0 Å². The van der Waals surface area contributed by atoms with Crippen molar-refractivity contribution >= 4 is 22.6 Å². The highest BCUT2D eigenvalue weighted by Crippen LogP contribution is 2.24. The summed E-state index contributed by atoms with van der Waals surface area (Å²) < 4.78 is 11.3. The van der Waals surface area contributed by atoms with Crippen molar-refractivity contribution in [1.82, 2.24) is 9.97 Å². The van der Waals surface area contributed by atoms with Gasteiger partial charge in [-0.2, -0.15) is 0 Å². The number of nitrogens with one attached hydrogen (secondary N) is 3. The van der Waals surface area contributed by atoms with Gasteiger partial charge in [-0.25, -0.2) is 4.79 Å². The molecule has 7 nitrogen and oxygen atoms in total. The lowest BCUT2D eigenvalue weighted by atomic mass is 10.2. The summed E-state index contributed by atoms with van der Waals surface area (Å²) in [4.78, 5) is 28.7. The summed E-state index contributed by atoms with van der Waals surface area (Å²) in [6, 6.07) is 19.9. The molecule has 0 fully saturated rings. The summed E-state index contributed by atoms with van der Waals surface area (Å²) >= 11 is 0. The van der Waals surface area contributed by atoms with Crippen LogP contribution in [0.3, 0.4) is 0 Å². The third-order valence-corrected chi connectivity index (χ3v) is 4.25. The van der Waals surface area contributed by atoms with Crippen molar-refractivity contribution in [3.05, 3.63) is 82.8 Å². The molecule has 4 aromatic rings. The van der Waals surface area contributed by atoms with Crippen molar-refractivity contribution in [1.29, 1.82) is 0 Å². The summed E-state index contributed by atoms with van der Waals surface area (Å²) in [5.74, 6) is 1.69. The van der Waals surface area contributed by atoms with Gasteiger partial charge in [0.2, 0.25) is 0 Å². The molecule has 0 aliphatic rings. The molecule has 0 bridgehead atoms. The van der Waals surface area contributed by atoms with E-state index in [0.29, 0.717) is 28.2 Å². The number of aromatic amines is 2. The lowest BCUT2D eigenvalue weighted by molar-refractivity contribution is -0.118. The monoisotopic (exact) mass is 389 g/mol. The van der Waals surface area contributed by atoms with Gasteiger partial charge in [0.25, 0.3) is 5.91 Å². The molecule has 0 radical (unpaired) electrons. The summed E-state index contributed by atoms with van der Waals surface area (Å²) in [6.07, 6.45) is 0. The smallest absolute Gasteiger partial charge is 0.323 e. The van der Waals surface area contributed by atoms with Crippen LogP contribution in [-0.2, 0) is 4.79 Å². The SMILES string of the molecule is Cc1ccc(Oc2ccc(OCC(=O)Nc3ccc4[nH]c(=O)[nH]c4c3)cc2)cc1. The number of aryl methyl sites for hydroxylation is 1. The molecule has 7 heteroatoms. The van der Waals surface area contributed by atoms with Crippen LogP contribution < -0.4 is 20.5 Å². The Kier molecular flexibility index (Phi) is 5.03. The molecule has 146 valence electrons. The molecule has 4 rings (SSSR count). The average molecular weight is 389 g/mol. The van der Waals surface area contributed by atoms with E-state index in [2.05, 4.69) is 15.3 Å². The number of benzene rings is 3. The van der Waals surface area contributed by atoms with E-state index in [-0.39, 0.29) is 18.2 Å². The number of amides is 1. The summed E-state index contributed by atoms with van der Waals surface area (Å²) in [5, 5.41) is 2.74. The number of imidazole rings is 1. The third-order valence-electron chi connectivity index (χ3n) is 4.25. The van der Waals surface area contributed by atoms with E-state index in [9.17, 15) is 9.59 Å². The van der Waals surface area contributed by atoms with Gasteiger partial charge in [0.15, 0.2) is 6.61 Å². The van der Waals surface area contributed by atoms with Crippen LogP contribution in [0.2, 0.25) is 0 Å². The Bertz CT molecular complexity index is 1190. The molecule has 1 amide bonds. The molecule has 0 saturated heterocycles. The zero-order chi connectivity index (χ0) is 20.2. The fourth-order valence-corrected chi connectivity index (χ4v) is 2.80. The van der Waals surface area contributed by atoms with Crippen molar-refractivity contribution < 1.29 is 14.3 Å². The summed E-state index contributed by atoms with van der Waals surface area (Å²) in [7, 11) is 0. The highest BCUT2D eigenvalue weighted by molar-refractivity contribution is 5.93. The van der Waals surface area contributed by atoms with Crippen LogP contribution in [0.4, 0.5) is 5.69 Å². The fourth-order valence-electron chi connectivity index (χ4n) is 2.80. The number of anilines is 1. The number of hydrogen-bond donors (Lipinski definition) is 3. The Morgan fingerprint density at radius 3 is 2.21 bits per heavy atom. The summed E-state index contributed by atoms with van der Waals surface area (Å²) in [5.41, 5.74) is 2.75. The second kappa shape index (κ2) is 7.93. The molecule has 0 aliphatic heterocycles. The molecular weight excluding hydrogens is 370 g/mol. The number of rotatable bonds is 6. The zero-order valence-corrected chi connectivity index (χ0v) is 15.7. The van der Waals surface area contributed by atoms with Gasteiger partial charge in [-0.3, -0.25) is 4.79 Å². The van der Waals surface area contributed by atoms with E-state index in [1.54, 1.807) is 42.5 Å². The second-order valence-corrected chi connectivity index (χ2v) is 6.56. The lowest BCUT2D eigenvalue weighted by Gasteiger charge is -2.09. The maximum Gasteiger partial charge on any atom is 0.323 e. The minimum absolute atomic E-state index is 0.139. The van der Waals surface area contributed by atoms with Gasteiger partial charge in [-0.1, -0.05) is 17.7 Å². The second-order valence-electron chi connectivity index (χ2n) is 6.56. The minimum Gasteiger partial charge on any atom is -0.484 e. The van der Waals surface area contributed by atoms with E-state index in [4.69, 9.17) is 9.47 Å². The number of aromatic nitrogens is 2. The molecular formula is C22H19N3O4. The molecule has 0 unspecified atom stereocenters. The topological polar surface area (TPSA) is 96.2 Å². The van der Waals surface area contributed by atoms with Crippen molar-refractivity contribution in [2.45, 2.75) is 6.92 Å². The van der Waals surface area contributed by atoms with Gasteiger partial charge < -0.3 is 24.8 Å². The Labute approximate surface area is 166 Å². The molecule has 1 aromatic heterocycles. The first-order valence-corrected chi connectivity index (χ1v) is 9.04. The average Bonchev–Trinajstić information content (AvgIpc) is 3.08. The van der Waals surface area contributed by atoms with E-state index < -0.39 is 0 Å². The van der Waals surface area contributed by atoms with Crippen LogP contribution >= 0.6 is 0 Å². The van der Waals surface area contributed by atoms with Crippen LogP contribution in [0, 0.1) is 6.92 Å². The molecule has 1 heterocycles. The molecule has 3 N–H and O–H groups in total. The molecule has 0 atom stereocenters. The molecule has 0 aliphatic carbocycles. The van der Waals surface area contributed by atoms with Crippen molar-refractivity contribution in [2.75, 3.05) is 11.9 Å². The molecule has 0 saturated carbocycles. The van der Waals surface area contributed by atoms with Crippen LogP contribution in [-0.4, -0.2) is 22.5 Å². The van der Waals surface area contributed by atoms with E-state index in [0.717, 1.165) is 5.75 Å². The normalized spacial score (nSPS) is 10.7. The van der Waals surface area contributed by atoms with Crippen LogP contribution in [0.25, 0.3) is 11.0 Å². The van der Waals surface area contributed by atoms with Crippen LogP contribution in [0.15, 0.2) is 71.5 Å². The first-order valence-electron chi connectivity index (χ1n) is 9.04. The Morgan fingerprint density at radius 2 is 1.48 bits per heavy atom. The fraction of sp³-hybridized carbons (Fsp3) is 0.0909. The van der Waals surface area contributed by atoms with Crippen molar-refractivity contribution in [3.8, 4) is 17.2 Å². The van der Waals surface area contributed by atoms with E-state index >= 15 is 0 Å². The number of carbonyl (C=O) groups excluding carboxylic acids is 1. The molecule has 0 spiro atoms. The van der Waals surface area contributed by atoms with Gasteiger partial charge in [0.1, 0.15) is 17.2 Å². The predicted molar refractivity (Wildman–Crippen MR) is 111 cm³/mol. The Balaban J connectivity index is 1.31. The number of fused-ring (bicyclic) bond motifs is 1. The number of H-pyrrole nitrogens is 2. The minimum atomic E-state index is -0.304. The van der Waals surface area contributed by atoms with Gasteiger partial charge in [0, 0.05) is 5.69 Å². The van der Waals surface area contributed by atoms with Gasteiger partial charge >= 0.3 is 5.69 Å². The quantitative estimate of drug-likeness (QED) is 0.465. The first-order chi connectivity index (χ1) is 14.0. The maximum absolute atomic E-state index is 12.1. The number of carbonyl (C=O) groups is 1. The molecule has 3 aromatic carbocycles. The Hall–Kier alpha value is -4.00. The van der Waals surface area contributed by atoms with E-state index in [1.165, 1.54) is 5.56 Å². The van der Waals surface area contributed by atoms with Gasteiger partial charge in [0.05, 0.1) is 11.0 Å². The number of hydrogen-bond acceptors (Lipinski definition) is 4. The predicted octanol–water partition coefficient (Wildman–Crippen LogP) is 3.97. The molecule has 29 heavy (non-hydrogen) atoms. The zero-order valence-electron chi connectivity index (χ0n) is 15.7. The highest BCUT2D eigenvalue weighted by atomic mass is 16.5. The Morgan fingerprint density at radius 1 is 0.862 bits per heavy atom. The van der Waals surface area contributed by atoms with Crippen molar-refractivity contribution in [3.63, 3.8) is 0 Å². The highest BCUT2D eigenvalue weighted by Gasteiger charge is 2.06. The maximum atomic E-state index is 12.1. The van der Waals surface area contributed by atoms with Crippen LogP contribution in [0.1, 0.15) is 5.56 Å². The number of ether oxygens (including phenoxy) is 2. The first kappa shape index (κ1) is 18.4. The van der Waals surface area contributed by atoms with E-state index in [1.807, 2.05) is 31.2 Å².